The zero-order valence-corrected chi connectivity index (χ0v) is 15.8. The van der Waals surface area contributed by atoms with Gasteiger partial charge in [0.25, 0.3) is 0 Å². The fraction of sp³-hybridized carbons (Fsp3) is 0.588. The molecule has 23 heavy (non-hydrogen) atoms. The van der Waals surface area contributed by atoms with E-state index in [1.165, 1.54) is 6.07 Å². The Morgan fingerprint density at radius 3 is 2.57 bits per heavy atom. The molecule has 2 N–H and O–H groups in total. The lowest BCUT2D eigenvalue weighted by molar-refractivity contribution is 0.297. The van der Waals surface area contributed by atoms with Crippen LogP contribution in [0.25, 0.3) is 0 Å². The highest BCUT2D eigenvalue weighted by molar-refractivity contribution is 7.99. The molecule has 0 spiro atoms. The summed E-state index contributed by atoms with van der Waals surface area (Å²) in [7, 11) is 5.74. The minimum Gasteiger partial charge on any atom is -0.355 e. The van der Waals surface area contributed by atoms with Crippen LogP contribution in [0.5, 0.6) is 0 Å². The number of hydrogen-bond donors (Lipinski definition) is 2. The molecule has 4 nitrogen and oxygen atoms in total. The van der Waals surface area contributed by atoms with Crippen LogP contribution in [-0.2, 0) is 0 Å². The molecule has 1 aromatic carbocycles. The Morgan fingerprint density at radius 1 is 1.35 bits per heavy atom. The monoisotopic (exact) mass is 340 g/mol. The summed E-state index contributed by atoms with van der Waals surface area (Å²) in [5.74, 6) is 0.550. The van der Waals surface area contributed by atoms with Gasteiger partial charge in [0.1, 0.15) is 5.82 Å². The van der Waals surface area contributed by atoms with Gasteiger partial charge in [-0.2, -0.15) is 11.8 Å². The number of nitrogens with one attached hydrogen (secondary N) is 2. The number of benzene rings is 1. The van der Waals surface area contributed by atoms with Crippen molar-refractivity contribution in [2.24, 2.45) is 4.99 Å². The second-order valence-corrected chi connectivity index (χ2v) is 7.82. The molecule has 0 aliphatic rings. The van der Waals surface area contributed by atoms with Crippen molar-refractivity contribution in [2.45, 2.75) is 24.6 Å². The number of guanidine groups is 1. The van der Waals surface area contributed by atoms with Gasteiger partial charge in [-0.05, 0) is 51.9 Å². The molecule has 6 heteroatoms. The fourth-order valence-electron chi connectivity index (χ4n) is 2.10. The molecule has 0 aliphatic carbocycles. The number of thioether (sulfide) groups is 1. The van der Waals surface area contributed by atoms with Crippen LogP contribution < -0.4 is 10.6 Å². The van der Waals surface area contributed by atoms with Crippen LogP contribution in [0, 0.1) is 5.82 Å². The smallest absolute Gasteiger partial charge is 0.191 e. The van der Waals surface area contributed by atoms with Crippen molar-refractivity contribution in [3.05, 3.63) is 35.6 Å². The van der Waals surface area contributed by atoms with E-state index in [-0.39, 0.29) is 16.6 Å². The standard InChI is InChI=1S/C17H29FN4S/c1-17(2,23-6)12-21-16(19-3)20-11-15(22(4)5)13-8-7-9-14(18)10-13/h7-10,15H,11-12H2,1-6H3,(H2,19,20,21). The maximum absolute atomic E-state index is 13.5. The molecular weight excluding hydrogens is 311 g/mol. The summed E-state index contributed by atoms with van der Waals surface area (Å²) in [4.78, 5) is 6.33. The van der Waals surface area contributed by atoms with Gasteiger partial charge in [0.15, 0.2) is 5.96 Å². The number of nitrogens with zero attached hydrogens (tertiary/aromatic N) is 2. The molecule has 0 fully saturated rings. The molecule has 0 saturated heterocycles. The number of likely N-dealkylation sites (N-methyl/N-ethyl adjacent to an activating group) is 1. The minimum atomic E-state index is -0.210. The lowest BCUT2D eigenvalue weighted by Crippen LogP contribution is -2.45. The number of aliphatic imine (C=N–C) groups is 1. The van der Waals surface area contributed by atoms with Crippen molar-refractivity contribution in [3.8, 4) is 0 Å². The highest BCUT2D eigenvalue weighted by atomic mass is 32.2. The van der Waals surface area contributed by atoms with Gasteiger partial charge in [0, 0.05) is 24.9 Å². The quantitative estimate of drug-likeness (QED) is 0.591. The molecule has 1 atom stereocenters. The lowest BCUT2D eigenvalue weighted by Gasteiger charge is -2.27. The second-order valence-electron chi connectivity index (χ2n) is 6.30. The van der Waals surface area contributed by atoms with Crippen LogP contribution in [0.15, 0.2) is 29.3 Å². The van der Waals surface area contributed by atoms with Crippen molar-refractivity contribution in [2.75, 3.05) is 40.5 Å². The van der Waals surface area contributed by atoms with E-state index in [2.05, 4.69) is 40.6 Å². The zero-order chi connectivity index (χ0) is 17.5. The maximum atomic E-state index is 13.5. The average Bonchev–Trinajstić information content (AvgIpc) is 2.50. The van der Waals surface area contributed by atoms with Crippen molar-refractivity contribution in [1.29, 1.82) is 0 Å². The predicted octanol–water partition coefficient (Wildman–Crippen LogP) is 2.74. The van der Waals surface area contributed by atoms with Gasteiger partial charge >= 0.3 is 0 Å². The molecule has 1 aromatic rings. The largest absolute Gasteiger partial charge is 0.355 e. The van der Waals surface area contributed by atoms with E-state index in [1.54, 1.807) is 19.2 Å². The van der Waals surface area contributed by atoms with Gasteiger partial charge in [0.05, 0.1) is 6.04 Å². The van der Waals surface area contributed by atoms with Crippen molar-refractivity contribution >= 4 is 17.7 Å². The Labute approximate surface area is 143 Å². The molecule has 130 valence electrons. The first-order chi connectivity index (χ1) is 10.8. The Bertz CT molecular complexity index is 517. The van der Waals surface area contributed by atoms with Crippen molar-refractivity contribution in [3.63, 3.8) is 0 Å². The lowest BCUT2D eigenvalue weighted by atomic mass is 10.1. The van der Waals surface area contributed by atoms with E-state index in [0.29, 0.717) is 6.54 Å². The SMILES string of the molecule is CN=C(NCC(c1cccc(F)c1)N(C)C)NCC(C)(C)SC. The topological polar surface area (TPSA) is 39.7 Å². The summed E-state index contributed by atoms with van der Waals surface area (Å²) < 4.78 is 13.6. The molecule has 0 saturated carbocycles. The Morgan fingerprint density at radius 2 is 2.04 bits per heavy atom. The Hall–Kier alpha value is -1.27. The van der Waals surface area contributed by atoms with Crippen LogP contribution in [0.4, 0.5) is 4.39 Å². The zero-order valence-electron chi connectivity index (χ0n) is 15.0. The first-order valence-corrected chi connectivity index (χ1v) is 8.93. The molecule has 0 amide bonds. The van der Waals surface area contributed by atoms with E-state index in [4.69, 9.17) is 0 Å². The minimum absolute atomic E-state index is 0.0674. The van der Waals surface area contributed by atoms with Gasteiger partial charge in [-0.25, -0.2) is 4.39 Å². The third-order valence-corrected chi connectivity index (χ3v) is 5.03. The summed E-state index contributed by atoms with van der Waals surface area (Å²) in [6.07, 6.45) is 2.10. The first kappa shape index (κ1) is 19.8. The molecule has 0 radical (unpaired) electrons. The highest BCUT2D eigenvalue weighted by Crippen LogP contribution is 2.20. The third-order valence-electron chi connectivity index (χ3n) is 3.78. The van der Waals surface area contributed by atoms with Crippen LogP contribution >= 0.6 is 11.8 Å². The van der Waals surface area contributed by atoms with Gasteiger partial charge in [-0.15, -0.1) is 0 Å². The summed E-state index contributed by atoms with van der Waals surface area (Å²) in [5, 5.41) is 6.67. The van der Waals surface area contributed by atoms with E-state index in [9.17, 15) is 4.39 Å². The molecule has 1 unspecified atom stereocenters. The number of halogens is 1. The summed E-state index contributed by atoms with van der Waals surface area (Å²) in [6.45, 7) is 5.84. The van der Waals surface area contributed by atoms with Gasteiger partial charge in [0.2, 0.25) is 0 Å². The van der Waals surface area contributed by atoms with Gasteiger partial charge in [-0.3, -0.25) is 4.99 Å². The van der Waals surface area contributed by atoms with E-state index in [0.717, 1.165) is 18.1 Å². The fourth-order valence-corrected chi connectivity index (χ4v) is 2.31. The maximum Gasteiger partial charge on any atom is 0.191 e. The van der Waals surface area contributed by atoms with E-state index < -0.39 is 0 Å². The number of rotatable bonds is 7. The highest BCUT2D eigenvalue weighted by Gasteiger charge is 2.18. The average molecular weight is 341 g/mol. The second kappa shape index (κ2) is 9.13. The van der Waals surface area contributed by atoms with Crippen molar-refractivity contribution in [1.82, 2.24) is 15.5 Å². The molecule has 0 heterocycles. The predicted molar refractivity (Wildman–Crippen MR) is 99.8 cm³/mol. The van der Waals surface area contributed by atoms with E-state index >= 15 is 0 Å². The summed E-state index contributed by atoms with van der Waals surface area (Å²) in [5.41, 5.74) is 0.947. The van der Waals surface area contributed by atoms with Gasteiger partial charge < -0.3 is 15.5 Å². The number of hydrogen-bond acceptors (Lipinski definition) is 3. The Kier molecular flexibility index (Phi) is 7.85. The van der Waals surface area contributed by atoms with Crippen molar-refractivity contribution < 1.29 is 4.39 Å². The molecule has 0 aromatic heterocycles. The van der Waals surface area contributed by atoms with E-state index in [1.807, 2.05) is 31.9 Å². The van der Waals surface area contributed by atoms with Crippen LogP contribution in [0.1, 0.15) is 25.5 Å². The summed E-state index contributed by atoms with van der Waals surface area (Å²) >= 11 is 1.81. The molecule has 1 rings (SSSR count). The molecule has 0 bridgehead atoms. The molecule has 0 aliphatic heterocycles. The van der Waals surface area contributed by atoms with Gasteiger partial charge in [-0.1, -0.05) is 12.1 Å². The molecular formula is C17H29FN4S. The first-order valence-electron chi connectivity index (χ1n) is 7.70. The summed E-state index contributed by atoms with van der Waals surface area (Å²) in [6, 6.07) is 6.81. The third kappa shape index (κ3) is 6.79. The van der Waals surface area contributed by atoms with Crippen LogP contribution in [-0.4, -0.2) is 56.1 Å². The van der Waals surface area contributed by atoms with Crippen LogP contribution in [0.3, 0.4) is 0 Å². The normalized spacial score (nSPS) is 14.0. The Balaban J connectivity index is 2.67. The van der Waals surface area contributed by atoms with Crippen LogP contribution in [0.2, 0.25) is 0 Å².